The summed E-state index contributed by atoms with van der Waals surface area (Å²) in [7, 11) is 0. The normalized spacial score (nSPS) is 10.5. The summed E-state index contributed by atoms with van der Waals surface area (Å²) in [4.78, 5) is 14.0. The van der Waals surface area contributed by atoms with Gasteiger partial charge < -0.3 is 16.0 Å². The lowest BCUT2D eigenvalue weighted by Gasteiger charge is -2.17. The van der Waals surface area contributed by atoms with Crippen molar-refractivity contribution in [1.82, 2.24) is 10.2 Å². The van der Waals surface area contributed by atoms with E-state index >= 15 is 0 Å². The maximum absolute atomic E-state index is 11.7. The van der Waals surface area contributed by atoms with Gasteiger partial charge in [0.15, 0.2) is 0 Å². The Kier molecular flexibility index (Phi) is 5.49. The first-order valence-corrected chi connectivity index (χ1v) is 6.03. The molecule has 0 atom stereocenters. The molecule has 0 aliphatic heterocycles. The van der Waals surface area contributed by atoms with Crippen LogP contribution in [0.25, 0.3) is 0 Å². The zero-order valence-corrected chi connectivity index (χ0v) is 10.6. The molecule has 1 rings (SSSR count). The highest BCUT2D eigenvalue weighted by atomic mass is 16.1. The van der Waals surface area contributed by atoms with Gasteiger partial charge in [-0.1, -0.05) is 13.8 Å². The van der Waals surface area contributed by atoms with Gasteiger partial charge in [0.25, 0.3) is 5.91 Å². The number of carbonyl (C=O) groups is 1. The van der Waals surface area contributed by atoms with Gasteiger partial charge in [-0.2, -0.15) is 0 Å². The SMILES string of the molecule is C[13CH2]N(CCNC(=O)c1ccc(N)cc1)[13CH2]C. The van der Waals surface area contributed by atoms with Crippen LogP contribution in [-0.2, 0) is 0 Å². The minimum atomic E-state index is -0.0443. The molecule has 0 aliphatic rings. The van der Waals surface area contributed by atoms with Gasteiger partial charge in [0.05, 0.1) is 0 Å². The third-order valence-corrected chi connectivity index (χ3v) is 2.78. The number of nitrogen functional groups attached to an aromatic ring is 1. The van der Waals surface area contributed by atoms with E-state index in [1.807, 2.05) is 0 Å². The van der Waals surface area contributed by atoms with Gasteiger partial charge in [-0.25, -0.2) is 0 Å². The molecule has 1 amide bonds. The monoisotopic (exact) mass is 237 g/mol. The average Bonchev–Trinajstić information content (AvgIpc) is 2.35. The predicted molar refractivity (Wildman–Crippen MR) is 71.0 cm³/mol. The first-order valence-electron chi connectivity index (χ1n) is 6.03. The quantitative estimate of drug-likeness (QED) is 0.580. The lowest BCUT2D eigenvalue weighted by atomic mass is 10.2. The van der Waals surface area contributed by atoms with Gasteiger partial charge in [-0.15, -0.1) is 0 Å². The topological polar surface area (TPSA) is 58.4 Å². The summed E-state index contributed by atoms with van der Waals surface area (Å²) in [5.41, 5.74) is 6.89. The van der Waals surface area contributed by atoms with Crippen LogP contribution < -0.4 is 11.1 Å². The number of nitrogens with one attached hydrogen (secondary N) is 1. The Morgan fingerprint density at radius 1 is 1.24 bits per heavy atom. The van der Waals surface area contributed by atoms with Crippen molar-refractivity contribution in [3.8, 4) is 0 Å². The number of nitrogens with zero attached hydrogens (tertiary/aromatic N) is 1. The molecule has 0 saturated heterocycles. The van der Waals surface area contributed by atoms with E-state index in [-0.39, 0.29) is 5.91 Å². The highest BCUT2D eigenvalue weighted by molar-refractivity contribution is 5.94. The Balaban J connectivity index is 2.37. The number of hydrogen-bond acceptors (Lipinski definition) is 3. The highest BCUT2D eigenvalue weighted by Gasteiger charge is 2.05. The van der Waals surface area contributed by atoms with E-state index < -0.39 is 0 Å². The molecule has 0 aromatic heterocycles. The molecular formula is C13H21N3O. The third-order valence-electron chi connectivity index (χ3n) is 2.78. The molecule has 0 bridgehead atoms. The molecule has 3 N–H and O–H groups in total. The van der Waals surface area contributed by atoms with Crippen molar-refractivity contribution in [2.24, 2.45) is 0 Å². The van der Waals surface area contributed by atoms with Crippen LogP contribution in [0, 0.1) is 0 Å². The summed E-state index contributed by atoms with van der Waals surface area (Å²) in [6.07, 6.45) is 0. The van der Waals surface area contributed by atoms with Crippen molar-refractivity contribution in [3.63, 3.8) is 0 Å². The second-order valence-corrected chi connectivity index (χ2v) is 3.90. The van der Waals surface area contributed by atoms with Crippen LogP contribution in [0.5, 0.6) is 0 Å². The summed E-state index contributed by atoms with van der Waals surface area (Å²) in [6, 6.07) is 6.95. The van der Waals surface area contributed by atoms with Crippen LogP contribution in [0.1, 0.15) is 24.2 Å². The fourth-order valence-electron chi connectivity index (χ4n) is 1.60. The molecule has 17 heavy (non-hydrogen) atoms. The van der Waals surface area contributed by atoms with E-state index in [9.17, 15) is 4.79 Å². The molecule has 0 fully saturated rings. The van der Waals surface area contributed by atoms with Crippen LogP contribution in [0.15, 0.2) is 24.3 Å². The van der Waals surface area contributed by atoms with E-state index in [0.717, 1.165) is 19.6 Å². The van der Waals surface area contributed by atoms with Gasteiger partial charge in [0.1, 0.15) is 0 Å². The lowest BCUT2D eigenvalue weighted by molar-refractivity contribution is 0.0949. The zero-order chi connectivity index (χ0) is 12.7. The van der Waals surface area contributed by atoms with Crippen LogP contribution in [0.4, 0.5) is 5.69 Å². The molecule has 0 spiro atoms. The molecule has 0 unspecified atom stereocenters. The number of anilines is 1. The van der Waals surface area contributed by atoms with Crippen LogP contribution in [0.3, 0.4) is 0 Å². The standard InChI is InChI=1S/C13H21N3O/c1-3-16(4-2)10-9-15-13(17)11-5-7-12(14)8-6-11/h5-8H,3-4,9-10,14H2,1-2H3,(H,15,17)/i3+1,4+1. The highest BCUT2D eigenvalue weighted by Crippen LogP contribution is 2.04. The summed E-state index contributed by atoms with van der Waals surface area (Å²) < 4.78 is 0. The first kappa shape index (κ1) is 13.5. The van der Waals surface area contributed by atoms with Gasteiger partial charge in [-0.05, 0) is 37.4 Å². The minimum absolute atomic E-state index is 0.0443. The van der Waals surface area contributed by atoms with Crippen LogP contribution >= 0.6 is 0 Å². The number of likely N-dealkylation sites (N-methyl/N-ethyl adjacent to an activating group) is 1. The predicted octanol–water partition coefficient (Wildman–Crippen LogP) is 1.34. The summed E-state index contributed by atoms with van der Waals surface area (Å²) >= 11 is 0. The summed E-state index contributed by atoms with van der Waals surface area (Å²) in [5.74, 6) is -0.0443. The van der Waals surface area contributed by atoms with Crippen molar-refractivity contribution in [3.05, 3.63) is 29.8 Å². The molecule has 94 valence electrons. The lowest BCUT2D eigenvalue weighted by Crippen LogP contribution is -2.34. The maximum atomic E-state index is 11.7. The van der Waals surface area contributed by atoms with Gasteiger partial charge in [-0.3, -0.25) is 4.79 Å². The molecule has 4 nitrogen and oxygen atoms in total. The Labute approximate surface area is 103 Å². The number of benzene rings is 1. The van der Waals surface area contributed by atoms with E-state index in [4.69, 9.17) is 5.73 Å². The number of carbonyl (C=O) groups excluding carboxylic acids is 1. The van der Waals surface area contributed by atoms with Crippen molar-refractivity contribution >= 4 is 11.6 Å². The molecular weight excluding hydrogens is 216 g/mol. The number of rotatable bonds is 6. The molecule has 0 saturated carbocycles. The number of nitrogens with two attached hydrogens (primary N) is 1. The van der Waals surface area contributed by atoms with Gasteiger partial charge in [0.2, 0.25) is 0 Å². The molecule has 4 heteroatoms. The summed E-state index contributed by atoms with van der Waals surface area (Å²) in [5, 5.41) is 2.90. The molecule has 0 radical (unpaired) electrons. The Morgan fingerprint density at radius 2 is 1.82 bits per heavy atom. The molecule has 1 aromatic rings. The van der Waals surface area contributed by atoms with Crippen LogP contribution in [0.2, 0.25) is 0 Å². The first-order chi connectivity index (χ1) is 8.17. The van der Waals surface area contributed by atoms with Crippen molar-refractivity contribution in [1.29, 1.82) is 0 Å². The minimum Gasteiger partial charge on any atom is -0.399 e. The van der Waals surface area contributed by atoms with E-state index in [0.29, 0.717) is 17.8 Å². The van der Waals surface area contributed by atoms with Gasteiger partial charge in [0, 0.05) is 24.3 Å². The van der Waals surface area contributed by atoms with E-state index in [2.05, 4.69) is 24.1 Å². The fourth-order valence-corrected chi connectivity index (χ4v) is 1.60. The van der Waals surface area contributed by atoms with Gasteiger partial charge >= 0.3 is 0 Å². The zero-order valence-electron chi connectivity index (χ0n) is 10.6. The largest absolute Gasteiger partial charge is 0.399 e. The van der Waals surface area contributed by atoms with Crippen molar-refractivity contribution < 1.29 is 4.79 Å². The third kappa shape index (κ3) is 4.44. The summed E-state index contributed by atoms with van der Waals surface area (Å²) in [6.45, 7) is 7.80. The maximum Gasteiger partial charge on any atom is 0.251 e. The fraction of sp³-hybridized carbons (Fsp3) is 0.462. The van der Waals surface area contributed by atoms with E-state index in [1.165, 1.54) is 0 Å². The Bertz CT molecular complexity index is 344. The molecule has 0 heterocycles. The smallest absolute Gasteiger partial charge is 0.251 e. The second-order valence-electron chi connectivity index (χ2n) is 3.90. The van der Waals surface area contributed by atoms with Crippen molar-refractivity contribution in [2.75, 3.05) is 31.9 Å². The Hall–Kier alpha value is -1.55. The average molecular weight is 237 g/mol. The molecule has 0 aliphatic carbocycles. The number of amides is 1. The second kappa shape index (κ2) is 6.91. The molecule has 1 aromatic carbocycles. The van der Waals surface area contributed by atoms with E-state index in [1.54, 1.807) is 24.3 Å². The van der Waals surface area contributed by atoms with Crippen molar-refractivity contribution in [2.45, 2.75) is 13.8 Å². The number of hydrogen-bond donors (Lipinski definition) is 2. The Morgan fingerprint density at radius 3 is 2.35 bits per heavy atom. The van der Waals surface area contributed by atoms with Crippen LogP contribution in [-0.4, -0.2) is 37.0 Å².